The van der Waals surface area contributed by atoms with E-state index >= 15 is 0 Å². The number of nitrogens with zero attached hydrogens (tertiary/aromatic N) is 2. The van der Waals surface area contributed by atoms with Crippen LogP contribution in [0.3, 0.4) is 0 Å². The number of allylic oxidation sites excluding steroid dienone is 4. The van der Waals surface area contributed by atoms with Gasteiger partial charge in [0.2, 0.25) is 5.88 Å². The van der Waals surface area contributed by atoms with Crippen LogP contribution in [0.4, 0.5) is 5.69 Å². The van der Waals surface area contributed by atoms with Gasteiger partial charge in [0.25, 0.3) is 5.56 Å². The van der Waals surface area contributed by atoms with Crippen molar-refractivity contribution in [2.45, 2.75) is 0 Å². The molecule has 8 heteroatoms. The van der Waals surface area contributed by atoms with E-state index in [4.69, 9.17) is 0 Å². The van der Waals surface area contributed by atoms with Crippen molar-refractivity contribution < 1.29 is 14.7 Å². The summed E-state index contributed by atoms with van der Waals surface area (Å²) in [6.07, 6.45) is 7.97. The first kappa shape index (κ1) is 20.3. The van der Waals surface area contributed by atoms with Crippen LogP contribution in [0.5, 0.6) is 5.88 Å². The van der Waals surface area contributed by atoms with Crippen molar-refractivity contribution in [3.05, 3.63) is 110 Å². The van der Waals surface area contributed by atoms with Gasteiger partial charge < -0.3 is 5.11 Å². The molecule has 8 nitrogen and oxygen atoms in total. The molecule has 33 heavy (non-hydrogen) atoms. The minimum absolute atomic E-state index is 0.173. The lowest BCUT2D eigenvalue weighted by Gasteiger charge is -2.28. The van der Waals surface area contributed by atoms with Crippen molar-refractivity contribution in [2.24, 2.45) is 16.8 Å². The lowest BCUT2D eigenvalue weighted by molar-refractivity contribution is 0.0802. The van der Waals surface area contributed by atoms with Crippen molar-refractivity contribution in [3.63, 3.8) is 0 Å². The molecule has 1 heterocycles. The van der Waals surface area contributed by atoms with Gasteiger partial charge in [-0.2, -0.15) is 0 Å². The minimum atomic E-state index is -0.832. The third-order valence-corrected chi connectivity index (χ3v) is 5.76. The first-order valence-electron chi connectivity index (χ1n) is 10.2. The topological polar surface area (TPSA) is 122 Å². The number of benzene rings is 2. The zero-order chi connectivity index (χ0) is 23.1. The maximum atomic E-state index is 13.2. The Morgan fingerprint density at radius 2 is 1.58 bits per heavy atom. The molecule has 0 radical (unpaired) electrons. The number of aromatic amines is 1. The number of nitrogens with one attached hydrogen (secondary N) is 1. The zero-order valence-corrected chi connectivity index (χ0v) is 17.1. The second-order valence-corrected chi connectivity index (χ2v) is 7.68. The second-order valence-electron chi connectivity index (χ2n) is 7.68. The average Bonchev–Trinajstić information content (AvgIpc) is 2.82. The van der Waals surface area contributed by atoms with Gasteiger partial charge in [0.1, 0.15) is 5.56 Å². The first-order valence-corrected chi connectivity index (χ1v) is 10.2. The van der Waals surface area contributed by atoms with Crippen LogP contribution in [-0.2, 0) is 0 Å². The van der Waals surface area contributed by atoms with Crippen molar-refractivity contribution in [2.75, 3.05) is 0 Å². The number of ketones is 2. The van der Waals surface area contributed by atoms with Crippen LogP contribution in [0.1, 0.15) is 26.3 Å². The molecule has 162 valence electrons. The van der Waals surface area contributed by atoms with Crippen molar-refractivity contribution in [1.82, 2.24) is 9.55 Å². The fraction of sp³-hybridized carbons (Fsp3) is 0.0800. The molecule has 0 spiro atoms. The summed E-state index contributed by atoms with van der Waals surface area (Å²) in [6.45, 7) is 0. The summed E-state index contributed by atoms with van der Waals surface area (Å²) in [5.74, 6) is -2.16. The van der Waals surface area contributed by atoms with Gasteiger partial charge in [-0.25, -0.2) is 9.36 Å². The number of Topliss-reactive ketones (excluding diaryl/α,β-unsaturated/α-hetero) is 2. The molecule has 5 rings (SSSR count). The van der Waals surface area contributed by atoms with Gasteiger partial charge >= 0.3 is 5.69 Å². The summed E-state index contributed by atoms with van der Waals surface area (Å²) < 4.78 is 0.946. The highest BCUT2D eigenvalue weighted by Crippen LogP contribution is 2.38. The summed E-state index contributed by atoms with van der Waals surface area (Å²) >= 11 is 0. The number of rotatable bonds is 3. The Balaban J connectivity index is 1.62. The lowest BCUT2D eigenvalue weighted by Crippen LogP contribution is -2.35. The van der Waals surface area contributed by atoms with Crippen LogP contribution < -0.4 is 11.2 Å². The van der Waals surface area contributed by atoms with Crippen molar-refractivity contribution in [1.29, 1.82) is 0 Å². The van der Waals surface area contributed by atoms with Gasteiger partial charge in [-0.15, -0.1) is 0 Å². The number of hydrogen-bond acceptors (Lipinski definition) is 6. The number of aromatic hydroxyl groups is 1. The summed E-state index contributed by atoms with van der Waals surface area (Å²) in [6, 6.07) is 13.1. The number of fused-ring (bicyclic) bond motifs is 2. The monoisotopic (exact) mass is 439 g/mol. The van der Waals surface area contributed by atoms with Crippen molar-refractivity contribution in [3.8, 4) is 11.6 Å². The van der Waals surface area contributed by atoms with Crippen LogP contribution in [-0.4, -0.2) is 32.4 Å². The summed E-state index contributed by atoms with van der Waals surface area (Å²) in [5, 5.41) is 10.7. The van der Waals surface area contributed by atoms with E-state index in [0.29, 0.717) is 5.69 Å². The number of aromatic nitrogens is 2. The van der Waals surface area contributed by atoms with E-state index in [1.807, 2.05) is 0 Å². The van der Waals surface area contributed by atoms with E-state index in [2.05, 4.69) is 9.98 Å². The standard InChI is InChI=1S/C25H17N3O5/c29-21-15-9-4-5-10-16(15)22(30)20-17(21)11-6-12-19(20)26-13-18-23(31)27-25(33)28(24(18)32)14-7-2-1-3-8-14/h1-13,15-16,32H,(H,27,31,33)/t15-,16-/m1/s1. The lowest BCUT2D eigenvalue weighted by atomic mass is 9.72. The van der Waals surface area contributed by atoms with Gasteiger partial charge in [0.05, 0.1) is 28.8 Å². The Morgan fingerprint density at radius 1 is 0.879 bits per heavy atom. The predicted octanol–water partition coefficient (Wildman–Crippen LogP) is 2.72. The quantitative estimate of drug-likeness (QED) is 0.608. The summed E-state index contributed by atoms with van der Waals surface area (Å²) in [4.78, 5) is 57.2. The molecule has 1 aromatic heterocycles. The van der Waals surface area contributed by atoms with E-state index in [-0.39, 0.29) is 33.9 Å². The van der Waals surface area contributed by atoms with Crippen LogP contribution in [0, 0.1) is 11.8 Å². The highest BCUT2D eigenvalue weighted by molar-refractivity contribution is 6.19. The number of H-pyrrole nitrogens is 1. The molecule has 2 aliphatic carbocycles. The van der Waals surface area contributed by atoms with Crippen LogP contribution in [0.25, 0.3) is 5.69 Å². The highest BCUT2D eigenvalue weighted by atomic mass is 16.3. The van der Waals surface area contributed by atoms with Crippen LogP contribution in [0.2, 0.25) is 0 Å². The minimum Gasteiger partial charge on any atom is -0.493 e. The highest BCUT2D eigenvalue weighted by Gasteiger charge is 2.40. The third kappa shape index (κ3) is 3.28. The number of carbonyl (C=O) groups excluding carboxylic acids is 2. The van der Waals surface area contributed by atoms with E-state index in [9.17, 15) is 24.3 Å². The molecule has 2 aliphatic rings. The number of para-hydroxylation sites is 1. The molecule has 0 saturated carbocycles. The Kier molecular flexibility index (Phi) is 4.82. The maximum absolute atomic E-state index is 13.2. The van der Waals surface area contributed by atoms with Crippen LogP contribution >= 0.6 is 0 Å². The zero-order valence-electron chi connectivity index (χ0n) is 17.1. The molecule has 0 fully saturated rings. The second kappa shape index (κ2) is 7.83. The Bertz CT molecular complexity index is 1510. The van der Waals surface area contributed by atoms with Gasteiger partial charge in [-0.3, -0.25) is 24.4 Å². The largest absolute Gasteiger partial charge is 0.493 e. The fourth-order valence-corrected chi connectivity index (χ4v) is 4.17. The molecule has 0 unspecified atom stereocenters. The Hall–Kier alpha value is -4.59. The number of carbonyl (C=O) groups is 2. The SMILES string of the molecule is O=C1c2cccc(N=Cc3c(O)n(-c4ccccc4)c(=O)[nH]c3=O)c2C(=O)[C@@H]2C=CC=C[C@@H]12. The molecule has 0 bridgehead atoms. The van der Waals surface area contributed by atoms with E-state index in [1.54, 1.807) is 72.8 Å². The van der Waals surface area contributed by atoms with Crippen molar-refractivity contribution >= 4 is 23.5 Å². The van der Waals surface area contributed by atoms with E-state index in [0.717, 1.165) is 10.8 Å². The smallest absolute Gasteiger partial charge is 0.335 e. The number of aliphatic imine (C=N–C) groups is 1. The fourth-order valence-electron chi connectivity index (χ4n) is 4.17. The molecule has 0 saturated heterocycles. The Labute approximate surface area is 186 Å². The normalized spacial score (nSPS) is 19.0. The molecule has 2 atom stereocenters. The molecule has 2 aromatic carbocycles. The van der Waals surface area contributed by atoms with E-state index < -0.39 is 29.0 Å². The summed E-state index contributed by atoms with van der Waals surface area (Å²) in [5.41, 5.74) is -0.905. The molecule has 0 amide bonds. The Morgan fingerprint density at radius 3 is 2.30 bits per heavy atom. The maximum Gasteiger partial charge on any atom is 0.335 e. The molecule has 3 aromatic rings. The van der Waals surface area contributed by atoms with Gasteiger partial charge in [-0.05, 0) is 18.2 Å². The van der Waals surface area contributed by atoms with Gasteiger partial charge in [0, 0.05) is 11.8 Å². The molecular weight excluding hydrogens is 422 g/mol. The first-order chi connectivity index (χ1) is 16.0. The molecule has 0 aliphatic heterocycles. The number of hydrogen-bond donors (Lipinski definition) is 2. The van der Waals surface area contributed by atoms with Gasteiger partial charge in [0.15, 0.2) is 11.6 Å². The molecular formula is C25H17N3O5. The third-order valence-electron chi connectivity index (χ3n) is 5.76. The van der Waals surface area contributed by atoms with E-state index in [1.165, 1.54) is 0 Å². The predicted molar refractivity (Wildman–Crippen MR) is 122 cm³/mol. The average molecular weight is 439 g/mol. The van der Waals surface area contributed by atoms with Crippen LogP contribution in [0.15, 0.2) is 87.4 Å². The summed E-state index contributed by atoms with van der Waals surface area (Å²) in [7, 11) is 0. The van der Waals surface area contributed by atoms with Gasteiger partial charge in [-0.1, -0.05) is 54.6 Å². The molecule has 2 N–H and O–H groups in total.